The van der Waals surface area contributed by atoms with Crippen LogP contribution < -0.4 is 39.9 Å². The number of rotatable bonds is 5. The van der Waals surface area contributed by atoms with Gasteiger partial charge in [0.15, 0.2) is 12.6 Å². The van der Waals surface area contributed by atoms with Crippen LogP contribution in [0.4, 0.5) is 0 Å². The van der Waals surface area contributed by atoms with E-state index in [1.807, 2.05) is 29.9 Å². The molecular formula is C22H19INPS. The highest BCUT2D eigenvalue weighted by Gasteiger charge is 2.49. The molecule has 26 heavy (non-hydrogen) atoms. The molecule has 0 aliphatic carbocycles. The lowest BCUT2D eigenvalue weighted by molar-refractivity contribution is -0.00000503. The van der Waals surface area contributed by atoms with Gasteiger partial charge in [-0.1, -0.05) is 54.6 Å². The van der Waals surface area contributed by atoms with E-state index in [-0.39, 0.29) is 24.0 Å². The first-order valence-corrected chi connectivity index (χ1v) is 11.1. The molecule has 1 nitrogen and oxygen atoms in total. The maximum absolute atomic E-state index is 10.1. The van der Waals surface area contributed by atoms with Gasteiger partial charge in [0.1, 0.15) is 22.0 Å². The van der Waals surface area contributed by atoms with Crippen molar-refractivity contribution >= 4 is 34.9 Å². The van der Waals surface area contributed by atoms with Crippen LogP contribution in [0.5, 0.6) is 0 Å². The molecule has 0 atom stereocenters. The molecule has 0 N–H and O–H groups in total. The van der Waals surface area contributed by atoms with E-state index in [0.29, 0.717) is 0 Å². The molecule has 0 saturated carbocycles. The fraction of sp³-hybridized carbons (Fsp3) is 0.0455. The minimum absolute atomic E-state index is 0. The smallest absolute Gasteiger partial charge is 0.191 e. The van der Waals surface area contributed by atoms with Crippen molar-refractivity contribution in [1.82, 2.24) is 0 Å². The molecule has 0 bridgehead atoms. The van der Waals surface area contributed by atoms with E-state index >= 15 is 0 Å². The van der Waals surface area contributed by atoms with Crippen LogP contribution in [0.3, 0.4) is 0 Å². The Morgan fingerprint density at radius 2 is 1.12 bits per heavy atom. The second-order valence-electron chi connectivity index (χ2n) is 5.53. The van der Waals surface area contributed by atoms with Crippen LogP contribution in [-0.2, 0) is 0 Å². The van der Waals surface area contributed by atoms with Crippen molar-refractivity contribution in [2.24, 2.45) is 0 Å². The van der Waals surface area contributed by atoms with Crippen molar-refractivity contribution in [2.75, 3.05) is 6.26 Å². The van der Waals surface area contributed by atoms with Crippen LogP contribution in [0.1, 0.15) is 0 Å². The number of hydrogen-bond donors (Lipinski definition) is 0. The molecule has 0 unspecified atom stereocenters. The van der Waals surface area contributed by atoms with E-state index in [1.165, 1.54) is 15.9 Å². The van der Waals surface area contributed by atoms with Gasteiger partial charge in [-0.3, -0.25) is 0 Å². The number of benzene rings is 3. The lowest BCUT2D eigenvalue weighted by Crippen LogP contribution is -3.00. The number of halogens is 1. The largest absolute Gasteiger partial charge is 1.00 e. The Balaban J connectivity index is 0.00000243. The molecule has 130 valence electrons. The van der Waals surface area contributed by atoms with Gasteiger partial charge in [-0.05, 0) is 42.7 Å². The van der Waals surface area contributed by atoms with Crippen LogP contribution in [0, 0.1) is 11.3 Å². The summed E-state index contributed by atoms with van der Waals surface area (Å²) in [5.74, 6) is 0. The van der Waals surface area contributed by atoms with Crippen molar-refractivity contribution in [3.63, 3.8) is 0 Å². The summed E-state index contributed by atoms with van der Waals surface area (Å²) in [5.41, 5.74) is 0. The van der Waals surface area contributed by atoms with Gasteiger partial charge in [0.05, 0.1) is 0 Å². The number of allylic oxidation sites excluding steroid dienone is 1. The van der Waals surface area contributed by atoms with Gasteiger partial charge in [0.2, 0.25) is 0 Å². The Kier molecular flexibility index (Phi) is 7.90. The van der Waals surface area contributed by atoms with Gasteiger partial charge in [-0.15, -0.1) is 11.8 Å². The van der Waals surface area contributed by atoms with Crippen molar-refractivity contribution in [1.29, 1.82) is 5.26 Å². The van der Waals surface area contributed by atoms with Gasteiger partial charge < -0.3 is 24.0 Å². The summed E-state index contributed by atoms with van der Waals surface area (Å²) in [4.78, 5) is 0. The number of nitrogens with zero attached hydrogens (tertiary/aromatic N) is 1. The number of hydrogen-bond acceptors (Lipinski definition) is 2. The summed E-state index contributed by atoms with van der Waals surface area (Å²) in [6, 6.07) is 33.9. The third-order valence-corrected chi connectivity index (χ3v) is 8.95. The lowest BCUT2D eigenvalue weighted by Gasteiger charge is -2.26. The second kappa shape index (κ2) is 9.92. The molecule has 4 heteroatoms. The van der Waals surface area contributed by atoms with Crippen molar-refractivity contribution < 1.29 is 24.0 Å². The summed E-state index contributed by atoms with van der Waals surface area (Å²) in [6.07, 6.45) is 2.01. The van der Waals surface area contributed by atoms with Crippen LogP contribution in [0.25, 0.3) is 0 Å². The molecule has 0 amide bonds. The SMILES string of the molecule is CSC=C(C#N)[P+](c1ccccc1)(c1ccccc1)c1ccccc1.[I-]. The third-order valence-electron chi connectivity index (χ3n) is 4.14. The van der Waals surface area contributed by atoms with E-state index in [2.05, 4.69) is 78.9 Å². The summed E-state index contributed by atoms with van der Waals surface area (Å²) in [6.45, 7) is 0. The van der Waals surface area contributed by atoms with Gasteiger partial charge in [-0.2, -0.15) is 5.26 Å². The third kappa shape index (κ3) is 3.88. The van der Waals surface area contributed by atoms with Gasteiger partial charge >= 0.3 is 0 Å². The molecular weight excluding hydrogens is 468 g/mol. The Bertz CT molecular complexity index is 793. The van der Waals surface area contributed by atoms with Gasteiger partial charge in [-0.25, -0.2) is 0 Å². The predicted octanol–water partition coefficient (Wildman–Crippen LogP) is 1.71. The van der Waals surface area contributed by atoms with Crippen molar-refractivity contribution in [3.8, 4) is 6.07 Å². The minimum atomic E-state index is -2.20. The van der Waals surface area contributed by atoms with E-state index in [0.717, 1.165) is 5.31 Å². The Hall–Kier alpha value is -1.60. The number of thioether (sulfide) groups is 1. The number of nitriles is 1. The molecule has 3 aromatic carbocycles. The highest BCUT2D eigenvalue weighted by atomic mass is 127. The maximum atomic E-state index is 10.1. The maximum Gasteiger partial charge on any atom is 0.191 e. The highest BCUT2D eigenvalue weighted by molar-refractivity contribution is 8.03. The molecule has 0 saturated heterocycles. The van der Waals surface area contributed by atoms with Crippen LogP contribution in [0.15, 0.2) is 102 Å². The van der Waals surface area contributed by atoms with Crippen LogP contribution >= 0.6 is 19.0 Å². The quantitative estimate of drug-likeness (QED) is 0.311. The standard InChI is InChI=1S/C22H19NPS.HI/c1-25-18-22(17-23)24(19-11-5-2-6-12-19,20-13-7-3-8-14-20)21-15-9-4-10-16-21;/h2-16,18H,1H3;1H/q+1;/p-1. The topological polar surface area (TPSA) is 23.8 Å². The molecule has 0 aliphatic heterocycles. The average Bonchev–Trinajstić information content (AvgIpc) is 2.70. The Morgan fingerprint density at radius 3 is 1.38 bits per heavy atom. The summed E-state index contributed by atoms with van der Waals surface area (Å²) in [5, 5.41) is 16.5. The van der Waals surface area contributed by atoms with Gasteiger partial charge in [0, 0.05) is 5.41 Å². The Morgan fingerprint density at radius 1 is 0.769 bits per heavy atom. The molecule has 0 radical (unpaired) electrons. The second-order valence-corrected chi connectivity index (χ2v) is 9.61. The van der Waals surface area contributed by atoms with E-state index in [1.54, 1.807) is 11.8 Å². The monoisotopic (exact) mass is 487 g/mol. The first-order chi connectivity index (χ1) is 12.3. The average molecular weight is 487 g/mol. The van der Waals surface area contributed by atoms with E-state index in [4.69, 9.17) is 0 Å². The van der Waals surface area contributed by atoms with Crippen LogP contribution in [0.2, 0.25) is 0 Å². The zero-order valence-corrected chi connectivity index (χ0v) is 18.3. The molecule has 0 fully saturated rings. The summed E-state index contributed by atoms with van der Waals surface area (Å²) >= 11 is 1.59. The Labute approximate surface area is 177 Å². The normalized spacial score (nSPS) is 11.3. The van der Waals surface area contributed by atoms with E-state index in [9.17, 15) is 5.26 Å². The minimum Gasteiger partial charge on any atom is -1.00 e. The first-order valence-electron chi connectivity index (χ1n) is 8.03. The van der Waals surface area contributed by atoms with Gasteiger partial charge in [0.25, 0.3) is 0 Å². The fourth-order valence-corrected chi connectivity index (χ4v) is 8.07. The summed E-state index contributed by atoms with van der Waals surface area (Å²) in [7, 11) is -2.20. The molecule has 0 aromatic heterocycles. The molecule has 3 aromatic rings. The lowest BCUT2D eigenvalue weighted by atomic mass is 10.4. The van der Waals surface area contributed by atoms with Crippen LogP contribution in [-0.4, -0.2) is 6.26 Å². The predicted molar refractivity (Wildman–Crippen MR) is 112 cm³/mol. The first kappa shape index (κ1) is 20.7. The van der Waals surface area contributed by atoms with E-state index < -0.39 is 7.26 Å². The molecule has 0 aliphatic rings. The summed E-state index contributed by atoms with van der Waals surface area (Å²) < 4.78 is 0. The molecule has 0 spiro atoms. The van der Waals surface area contributed by atoms with Crippen molar-refractivity contribution in [2.45, 2.75) is 0 Å². The molecule has 0 heterocycles. The molecule has 3 rings (SSSR count). The highest BCUT2D eigenvalue weighted by Crippen LogP contribution is 2.62. The van der Waals surface area contributed by atoms with Crippen molar-refractivity contribution in [3.05, 3.63) is 102 Å². The zero-order chi connectivity index (χ0) is 17.5. The fourth-order valence-electron chi connectivity index (χ4n) is 3.11. The zero-order valence-electron chi connectivity index (χ0n) is 14.4.